The molecule has 346 valence electrons. The number of aliphatic hydroxyl groups is 2. The normalized spacial score (nSPS) is 13.9. The molecule has 0 aromatic rings. The van der Waals surface area contributed by atoms with Gasteiger partial charge in [-0.2, -0.15) is 0 Å². The van der Waals surface area contributed by atoms with Crippen LogP contribution in [0.1, 0.15) is 233 Å². The Morgan fingerprint density at radius 1 is 0.500 bits per heavy atom. The number of hydrogen-bond donors (Lipinski definition) is 3. The zero-order valence-electron chi connectivity index (χ0n) is 39.3. The Labute approximate surface area is 371 Å². The van der Waals surface area contributed by atoms with Gasteiger partial charge >= 0.3 is 5.97 Å². The molecule has 1 amide bonds. The second-order valence-electron chi connectivity index (χ2n) is 17.0. The topological polar surface area (TPSA) is 95.9 Å². The number of unbranched alkanes of at least 4 members (excludes halogenated alkanes) is 25. The zero-order chi connectivity index (χ0) is 43.8. The molecule has 0 aromatic heterocycles. The number of esters is 1. The summed E-state index contributed by atoms with van der Waals surface area (Å²) in [5.41, 5.74) is 0. The van der Waals surface area contributed by atoms with E-state index < -0.39 is 18.2 Å². The van der Waals surface area contributed by atoms with Gasteiger partial charge in [-0.05, 0) is 44.9 Å². The quantitative estimate of drug-likeness (QED) is 0.0323. The lowest BCUT2D eigenvalue weighted by atomic mass is 10.0. The van der Waals surface area contributed by atoms with E-state index in [1.54, 1.807) is 0 Å². The third-order valence-corrected chi connectivity index (χ3v) is 11.2. The van der Waals surface area contributed by atoms with Gasteiger partial charge in [0.1, 0.15) is 6.10 Å². The van der Waals surface area contributed by atoms with Gasteiger partial charge in [-0.3, -0.25) is 9.59 Å². The molecular formula is C54H95NO5. The fourth-order valence-electron chi connectivity index (χ4n) is 7.40. The highest BCUT2D eigenvalue weighted by Gasteiger charge is 2.24. The maximum atomic E-state index is 13.2. The Morgan fingerprint density at radius 2 is 0.900 bits per heavy atom. The summed E-state index contributed by atoms with van der Waals surface area (Å²) < 4.78 is 5.91. The van der Waals surface area contributed by atoms with Gasteiger partial charge in [-0.25, -0.2) is 0 Å². The van der Waals surface area contributed by atoms with Crippen molar-refractivity contribution < 1.29 is 24.5 Å². The average Bonchev–Trinajstić information content (AvgIpc) is 3.24. The van der Waals surface area contributed by atoms with Crippen LogP contribution in [0.3, 0.4) is 0 Å². The van der Waals surface area contributed by atoms with Gasteiger partial charge in [0.15, 0.2) is 0 Å². The van der Waals surface area contributed by atoms with Gasteiger partial charge in [0.05, 0.1) is 25.2 Å². The van der Waals surface area contributed by atoms with Crippen molar-refractivity contribution in [2.45, 2.75) is 251 Å². The van der Waals surface area contributed by atoms with Gasteiger partial charge < -0.3 is 20.3 Å². The van der Waals surface area contributed by atoms with Crippen molar-refractivity contribution in [3.05, 3.63) is 72.9 Å². The Balaban J connectivity index is 4.67. The monoisotopic (exact) mass is 838 g/mol. The van der Waals surface area contributed by atoms with Crippen molar-refractivity contribution in [3.8, 4) is 0 Å². The van der Waals surface area contributed by atoms with Gasteiger partial charge in [0.25, 0.3) is 0 Å². The first kappa shape index (κ1) is 57.3. The molecule has 0 aliphatic heterocycles. The molecule has 0 aliphatic rings. The van der Waals surface area contributed by atoms with E-state index in [1.165, 1.54) is 116 Å². The number of nitrogens with one attached hydrogen (secondary N) is 1. The van der Waals surface area contributed by atoms with Gasteiger partial charge in [-0.15, -0.1) is 0 Å². The standard InChI is InChI=1S/C54H95NO5/c1-4-7-10-13-16-19-22-24-25-26-27-29-32-35-38-41-44-47-54(59)60-50(45-42-39-36-33-31-28-23-20-17-14-11-8-5-2)48-53(58)55-51(49-56)52(57)46-43-40-37-34-30-21-18-15-12-9-6-3/h7,10,13,16,19,22,24-27,29,32,50-52,56-57H,4-6,8-9,11-12,14-15,17-18,20-21,23,28,30-31,33-49H2,1-3H3,(H,55,58)/b10-7-,16-13+,22-19+,25-24-,27-26+,32-29+. The van der Waals surface area contributed by atoms with Crippen LogP contribution in [0.15, 0.2) is 72.9 Å². The van der Waals surface area contributed by atoms with E-state index >= 15 is 0 Å². The first-order chi connectivity index (χ1) is 29.5. The highest BCUT2D eigenvalue weighted by atomic mass is 16.5. The molecule has 60 heavy (non-hydrogen) atoms. The minimum Gasteiger partial charge on any atom is -0.462 e. The summed E-state index contributed by atoms with van der Waals surface area (Å²) >= 11 is 0. The van der Waals surface area contributed by atoms with Gasteiger partial charge in [0, 0.05) is 6.42 Å². The molecule has 3 unspecified atom stereocenters. The van der Waals surface area contributed by atoms with Crippen LogP contribution in [0.4, 0.5) is 0 Å². The van der Waals surface area contributed by atoms with Crippen LogP contribution in [-0.4, -0.2) is 46.9 Å². The Kier molecular flexibility index (Phi) is 45.2. The second kappa shape index (κ2) is 47.4. The molecule has 0 saturated heterocycles. The molecule has 0 radical (unpaired) electrons. The van der Waals surface area contributed by atoms with Crippen LogP contribution < -0.4 is 5.32 Å². The zero-order valence-corrected chi connectivity index (χ0v) is 39.3. The number of aliphatic hydroxyl groups excluding tert-OH is 2. The Bertz CT molecular complexity index is 1120. The largest absolute Gasteiger partial charge is 0.462 e. The minimum atomic E-state index is -0.796. The number of hydrogen-bond acceptors (Lipinski definition) is 5. The third kappa shape index (κ3) is 42.0. The van der Waals surface area contributed by atoms with Crippen molar-refractivity contribution in [2.75, 3.05) is 6.61 Å². The molecule has 6 heteroatoms. The predicted molar refractivity (Wildman–Crippen MR) is 259 cm³/mol. The maximum Gasteiger partial charge on any atom is 0.306 e. The first-order valence-electron chi connectivity index (χ1n) is 25.2. The molecule has 0 bridgehead atoms. The predicted octanol–water partition coefficient (Wildman–Crippen LogP) is 15.0. The number of rotatable bonds is 44. The average molecular weight is 838 g/mol. The van der Waals surface area contributed by atoms with E-state index in [-0.39, 0.29) is 24.9 Å². The molecule has 0 saturated carbocycles. The van der Waals surface area contributed by atoms with E-state index in [0.717, 1.165) is 70.6 Å². The van der Waals surface area contributed by atoms with E-state index in [1.807, 2.05) is 48.6 Å². The molecule has 0 rings (SSSR count). The van der Waals surface area contributed by atoms with Crippen LogP contribution in [0, 0.1) is 0 Å². The summed E-state index contributed by atoms with van der Waals surface area (Å²) in [7, 11) is 0. The van der Waals surface area contributed by atoms with Crippen molar-refractivity contribution >= 4 is 11.9 Å². The molecule has 3 N–H and O–H groups in total. The number of ether oxygens (including phenoxy) is 1. The third-order valence-electron chi connectivity index (χ3n) is 11.2. The number of carbonyl (C=O) groups is 2. The lowest BCUT2D eigenvalue weighted by molar-refractivity contribution is -0.151. The van der Waals surface area contributed by atoms with Gasteiger partial charge in [0.2, 0.25) is 5.91 Å². The van der Waals surface area contributed by atoms with Crippen molar-refractivity contribution in [2.24, 2.45) is 0 Å². The molecular weight excluding hydrogens is 743 g/mol. The summed E-state index contributed by atoms with van der Waals surface area (Å²) in [5, 5.41) is 23.7. The van der Waals surface area contributed by atoms with E-state index in [4.69, 9.17) is 4.74 Å². The molecule has 0 heterocycles. The summed E-state index contributed by atoms with van der Waals surface area (Å²) in [5.74, 6) is -0.523. The van der Waals surface area contributed by atoms with Crippen LogP contribution in [0.5, 0.6) is 0 Å². The Morgan fingerprint density at radius 3 is 1.35 bits per heavy atom. The van der Waals surface area contributed by atoms with Crippen molar-refractivity contribution in [3.63, 3.8) is 0 Å². The molecule has 6 nitrogen and oxygen atoms in total. The smallest absolute Gasteiger partial charge is 0.306 e. The molecule has 0 aliphatic carbocycles. The fourth-order valence-corrected chi connectivity index (χ4v) is 7.40. The van der Waals surface area contributed by atoms with Crippen LogP contribution in [0.2, 0.25) is 0 Å². The summed E-state index contributed by atoms with van der Waals surface area (Å²) in [6.07, 6.45) is 59.5. The van der Waals surface area contributed by atoms with Crippen LogP contribution in [0.25, 0.3) is 0 Å². The lowest BCUT2D eigenvalue weighted by Crippen LogP contribution is -2.46. The molecule has 0 aromatic carbocycles. The minimum absolute atomic E-state index is 0.0587. The van der Waals surface area contributed by atoms with E-state index in [0.29, 0.717) is 19.3 Å². The highest BCUT2D eigenvalue weighted by molar-refractivity contribution is 5.77. The maximum absolute atomic E-state index is 13.2. The SMILES string of the molecule is CC\C=C/C=C/C=C/C=C\C=C\C=C\CCCCCC(=O)OC(CCCCCCCCCCCCCCC)CC(=O)NC(CO)C(O)CCCCCCCCCCCCC. The van der Waals surface area contributed by atoms with Crippen LogP contribution in [-0.2, 0) is 14.3 Å². The fraction of sp³-hybridized carbons (Fsp3) is 0.741. The Hall–Kier alpha value is -2.70. The second-order valence-corrected chi connectivity index (χ2v) is 17.0. The lowest BCUT2D eigenvalue weighted by Gasteiger charge is -2.24. The van der Waals surface area contributed by atoms with Crippen molar-refractivity contribution in [1.29, 1.82) is 0 Å². The van der Waals surface area contributed by atoms with E-state index in [9.17, 15) is 19.8 Å². The summed E-state index contributed by atoms with van der Waals surface area (Å²) in [6, 6.07) is -0.711. The van der Waals surface area contributed by atoms with Crippen LogP contribution >= 0.6 is 0 Å². The number of amides is 1. The van der Waals surface area contributed by atoms with Gasteiger partial charge in [-0.1, -0.05) is 248 Å². The summed E-state index contributed by atoms with van der Waals surface area (Å²) in [4.78, 5) is 26.1. The number of carbonyl (C=O) groups excluding carboxylic acids is 2. The van der Waals surface area contributed by atoms with Crippen molar-refractivity contribution in [1.82, 2.24) is 5.32 Å². The molecule has 0 fully saturated rings. The molecule has 0 spiro atoms. The highest BCUT2D eigenvalue weighted by Crippen LogP contribution is 2.18. The number of allylic oxidation sites excluding steroid dienone is 12. The molecule has 3 atom stereocenters. The first-order valence-corrected chi connectivity index (χ1v) is 25.2. The van der Waals surface area contributed by atoms with E-state index in [2.05, 4.69) is 50.4 Å². The summed E-state index contributed by atoms with van der Waals surface area (Å²) in [6.45, 7) is 6.32.